The van der Waals surface area contributed by atoms with Gasteiger partial charge in [-0.1, -0.05) is 24.9 Å². The second kappa shape index (κ2) is 9.71. The Morgan fingerprint density at radius 1 is 1.38 bits per heavy atom. The van der Waals surface area contributed by atoms with Gasteiger partial charge in [-0.2, -0.15) is 5.10 Å². The summed E-state index contributed by atoms with van der Waals surface area (Å²) in [6.45, 7) is 4.00. The molecule has 0 aliphatic rings. The van der Waals surface area contributed by atoms with Gasteiger partial charge < -0.3 is 10.1 Å². The average molecular weight is 357 g/mol. The normalized spacial score (nSPS) is 10.7. The summed E-state index contributed by atoms with van der Waals surface area (Å²) in [6, 6.07) is -0.673. The Morgan fingerprint density at radius 3 is 2.71 bits per heavy atom. The Bertz CT molecular complexity index is 640. The van der Waals surface area contributed by atoms with Gasteiger partial charge in [0.2, 0.25) is 0 Å². The van der Waals surface area contributed by atoms with Crippen molar-refractivity contribution in [1.29, 1.82) is 0 Å². The zero-order chi connectivity index (χ0) is 18.1. The van der Waals surface area contributed by atoms with E-state index in [0.717, 1.165) is 18.9 Å². The topological polar surface area (TPSA) is 102 Å². The van der Waals surface area contributed by atoms with Gasteiger partial charge in [0.05, 0.1) is 5.69 Å². The number of imide groups is 1. The lowest BCUT2D eigenvalue weighted by molar-refractivity contribution is -0.143. The number of rotatable bonds is 7. The van der Waals surface area contributed by atoms with Crippen molar-refractivity contribution in [2.24, 2.45) is 0 Å². The van der Waals surface area contributed by atoms with Crippen molar-refractivity contribution in [2.45, 2.75) is 33.2 Å². The quantitative estimate of drug-likeness (QED) is 0.571. The van der Waals surface area contributed by atoms with Crippen LogP contribution in [0.1, 0.15) is 31.0 Å². The molecule has 0 spiro atoms. The average Bonchev–Trinajstić information content (AvgIpc) is 2.82. The Labute approximate surface area is 145 Å². The minimum absolute atomic E-state index is 0.447. The van der Waals surface area contributed by atoms with Gasteiger partial charge in [-0.15, -0.1) is 0 Å². The number of halogens is 1. The van der Waals surface area contributed by atoms with Crippen LogP contribution in [0.2, 0.25) is 5.15 Å². The predicted octanol–water partition coefficient (Wildman–Crippen LogP) is 1.66. The van der Waals surface area contributed by atoms with Crippen molar-refractivity contribution in [3.8, 4) is 0 Å². The molecule has 1 rings (SSSR count). The van der Waals surface area contributed by atoms with Crippen LogP contribution in [0, 0.1) is 6.92 Å². The van der Waals surface area contributed by atoms with Gasteiger partial charge in [0.1, 0.15) is 5.15 Å². The fourth-order valence-corrected chi connectivity index (χ4v) is 2.10. The highest BCUT2D eigenvalue weighted by molar-refractivity contribution is 6.31. The first-order valence-electron chi connectivity index (χ1n) is 7.48. The van der Waals surface area contributed by atoms with E-state index in [1.54, 1.807) is 11.6 Å². The Kier molecular flexibility index (Phi) is 7.97. The molecule has 0 saturated heterocycles. The molecule has 132 valence electrons. The predicted molar refractivity (Wildman–Crippen MR) is 89.5 cm³/mol. The summed E-state index contributed by atoms with van der Waals surface area (Å²) < 4.78 is 6.42. The van der Waals surface area contributed by atoms with Crippen molar-refractivity contribution < 1.29 is 19.1 Å². The van der Waals surface area contributed by atoms with Gasteiger partial charge in [-0.25, -0.2) is 9.59 Å². The van der Waals surface area contributed by atoms with Crippen LogP contribution in [-0.4, -0.2) is 41.3 Å². The molecular formula is C15H21ClN4O4. The highest BCUT2D eigenvalue weighted by Crippen LogP contribution is 2.21. The third kappa shape index (κ3) is 6.04. The number of aromatic nitrogens is 2. The number of carbonyl (C=O) groups excluding carboxylic acids is 3. The van der Waals surface area contributed by atoms with Gasteiger partial charge in [0, 0.05) is 25.2 Å². The van der Waals surface area contributed by atoms with Crippen LogP contribution in [0.15, 0.2) is 6.08 Å². The van der Waals surface area contributed by atoms with Gasteiger partial charge in [-0.05, 0) is 19.4 Å². The Balaban J connectivity index is 2.59. The van der Waals surface area contributed by atoms with Crippen LogP contribution < -0.4 is 10.6 Å². The molecule has 0 atom stereocenters. The Hall–Kier alpha value is -2.35. The molecule has 1 heterocycles. The minimum atomic E-state index is -0.724. The van der Waals surface area contributed by atoms with E-state index >= 15 is 0 Å². The number of nitrogens with one attached hydrogen (secondary N) is 2. The van der Waals surface area contributed by atoms with Crippen LogP contribution in [-0.2, 0) is 20.9 Å². The molecule has 0 aliphatic heterocycles. The summed E-state index contributed by atoms with van der Waals surface area (Å²) in [6.07, 6.45) is 4.62. The smallest absolute Gasteiger partial charge is 0.331 e. The molecule has 0 aromatic carbocycles. The number of carbonyl (C=O) groups is 3. The van der Waals surface area contributed by atoms with Crippen molar-refractivity contribution >= 4 is 35.6 Å². The van der Waals surface area contributed by atoms with Crippen LogP contribution in [0.25, 0.3) is 6.08 Å². The van der Waals surface area contributed by atoms with E-state index in [-0.39, 0.29) is 0 Å². The van der Waals surface area contributed by atoms with Gasteiger partial charge >= 0.3 is 12.0 Å². The molecule has 2 N–H and O–H groups in total. The van der Waals surface area contributed by atoms with Gasteiger partial charge in [0.25, 0.3) is 5.91 Å². The zero-order valence-corrected chi connectivity index (χ0v) is 14.6. The molecule has 0 radical (unpaired) electrons. The fourth-order valence-electron chi connectivity index (χ4n) is 1.77. The second-order valence-corrected chi connectivity index (χ2v) is 5.29. The molecule has 8 nitrogen and oxygen atoms in total. The van der Waals surface area contributed by atoms with Crippen LogP contribution >= 0.6 is 11.6 Å². The fraction of sp³-hybridized carbons (Fsp3) is 0.467. The summed E-state index contributed by atoms with van der Waals surface area (Å²) in [5.74, 6) is -1.45. The molecule has 3 amide bonds. The van der Waals surface area contributed by atoms with E-state index in [1.807, 2.05) is 5.32 Å². The molecule has 24 heavy (non-hydrogen) atoms. The molecular weight excluding hydrogens is 336 g/mol. The monoisotopic (exact) mass is 356 g/mol. The van der Waals surface area contributed by atoms with Crippen LogP contribution in [0.5, 0.6) is 0 Å². The van der Waals surface area contributed by atoms with E-state index in [0.29, 0.717) is 23.0 Å². The molecule has 9 heteroatoms. The number of unbranched alkanes of at least 4 members (excludes halogenated alkanes) is 1. The lowest BCUT2D eigenvalue weighted by atomic mass is 10.2. The maximum absolute atomic E-state index is 11.6. The van der Waals surface area contributed by atoms with Gasteiger partial charge in [0.15, 0.2) is 6.61 Å². The number of amides is 3. The maximum atomic E-state index is 11.6. The van der Waals surface area contributed by atoms with E-state index in [1.165, 1.54) is 13.1 Å². The van der Waals surface area contributed by atoms with Gasteiger partial charge in [-0.3, -0.25) is 14.8 Å². The van der Waals surface area contributed by atoms with Crippen molar-refractivity contribution in [2.75, 3.05) is 13.7 Å². The molecule has 0 unspecified atom stereocenters. The number of esters is 1. The minimum Gasteiger partial charge on any atom is -0.452 e. The van der Waals surface area contributed by atoms with E-state index < -0.39 is 24.5 Å². The number of nitrogens with zero attached hydrogens (tertiary/aromatic N) is 2. The lowest BCUT2D eigenvalue weighted by Crippen LogP contribution is -2.39. The first-order chi connectivity index (χ1) is 11.4. The summed E-state index contributed by atoms with van der Waals surface area (Å²) >= 11 is 6.24. The molecule has 0 aliphatic carbocycles. The zero-order valence-electron chi connectivity index (χ0n) is 13.9. The van der Waals surface area contributed by atoms with Crippen molar-refractivity contribution in [3.05, 3.63) is 22.5 Å². The number of hydrogen-bond donors (Lipinski definition) is 2. The molecule has 0 saturated carbocycles. The highest BCUT2D eigenvalue weighted by atomic mass is 35.5. The largest absolute Gasteiger partial charge is 0.452 e. The number of ether oxygens (including phenoxy) is 1. The number of aryl methyl sites for hydroxylation is 2. The molecule has 1 aromatic heterocycles. The van der Waals surface area contributed by atoms with Crippen LogP contribution in [0.3, 0.4) is 0 Å². The van der Waals surface area contributed by atoms with Crippen molar-refractivity contribution in [3.63, 3.8) is 0 Å². The first-order valence-corrected chi connectivity index (χ1v) is 7.86. The number of hydrogen-bond acceptors (Lipinski definition) is 5. The molecule has 0 bridgehead atoms. The first kappa shape index (κ1) is 19.7. The second-order valence-electron chi connectivity index (χ2n) is 4.93. The van der Waals surface area contributed by atoms with Crippen molar-refractivity contribution in [1.82, 2.24) is 20.4 Å². The van der Waals surface area contributed by atoms with E-state index in [9.17, 15) is 14.4 Å². The summed E-state index contributed by atoms with van der Waals surface area (Å²) in [5.41, 5.74) is 1.32. The Morgan fingerprint density at radius 2 is 2.08 bits per heavy atom. The van der Waals surface area contributed by atoms with E-state index in [4.69, 9.17) is 16.3 Å². The van der Waals surface area contributed by atoms with E-state index in [2.05, 4.69) is 17.3 Å². The van der Waals surface area contributed by atoms with Crippen LogP contribution in [0.4, 0.5) is 4.79 Å². The molecule has 1 aromatic rings. The highest BCUT2D eigenvalue weighted by Gasteiger charge is 2.12. The summed E-state index contributed by atoms with van der Waals surface area (Å²) in [7, 11) is 1.37. The third-order valence-corrected chi connectivity index (χ3v) is 3.44. The summed E-state index contributed by atoms with van der Waals surface area (Å²) in [5, 5.41) is 8.95. The molecule has 0 fully saturated rings. The SMILES string of the molecule is CCCCn1nc(C)c(/C=C/C(=O)OCC(=O)NC(=O)NC)c1Cl. The summed E-state index contributed by atoms with van der Waals surface area (Å²) in [4.78, 5) is 33.8. The number of urea groups is 1. The maximum Gasteiger partial charge on any atom is 0.331 e. The lowest BCUT2D eigenvalue weighted by Gasteiger charge is -2.03. The third-order valence-electron chi connectivity index (χ3n) is 3.04. The standard InChI is InChI=1S/C15H21ClN4O4/c1-4-5-8-20-14(16)11(10(2)19-20)6-7-13(22)24-9-12(21)18-15(23)17-3/h6-7H,4-5,8-9H2,1-3H3,(H2,17,18,21,23)/b7-6+.